The van der Waals surface area contributed by atoms with Crippen LogP contribution in [0.15, 0.2) is 36.4 Å². The quantitative estimate of drug-likeness (QED) is 0.101. The van der Waals surface area contributed by atoms with Crippen LogP contribution >= 0.6 is 19.2 Å². The van der Waals surface area contributed by atoms with Crippen LogP contribution in [0.25, 0.3) is 5.52 Å². The third-order valence-electron chi connectivity index (χ3n) is 7.85. The molecule has 1 fully saturated rings. The second-order valence-corrected chi connectivity index (χ2v) is 12.8. The number of nitrogens with zero attached hydrogens (tertiary/aromatic N) is 6. The maximum absolute atomic E-state index is 12.4. The molecule has 0 amide bonds. The maximum atomic E-state index is 12.4. The Labute approximate surface area is 254 Å². The van der Waals surface area contributed by atoms with Crippen molar-refractivity contribution in [3.05, 3.63) is 64.3 Å². The van der Waals surface area contributed by atoms with Crippen molar-refractivity contribution in [2.75, 3.05) is 25.1 Å². The predicted molar refractivity (Wildman–Crippen MR) is 150 cm³/mol. The second kappa shape index (κ2) is 12.4. The number of H-pyrrole nitrogens is 1. The number of aliphatic hydroxyl groups is 3. The number of aryl methyl sites for hydroxylation is 1. The molecule has 0 spiro atoms. The van der Waals surface area contributed by atoms with Crippen LogP contribution in [0.2, 0.25) is 5.28 Å². The lowest BCUT2D eigenvalue weighted by Crippen LogP contribution is -2.45. The highest BCUT2D eigenvalue weighted by molar-refractivity contribution is 7.53. The van der Waals surface area contributed by atoms with Gasteiger partial charge in [0.2, 0.25) is 10.6 Å². The fourth-order valence-electron chi connectivity index (χ4n) is 5.49. The van der Waals surface area contributed by atoms with E-state index in [9.17, 15) is 29.7 Å². The molecule has 0 bridgehead atoms. The number of aromatic nitrogens is 7. The van der Waals surface area contributed by atoms with Gasteiger partial charge in [-0.25, -0.2) is 4.52 Å². The summed E-state index contributed by atoms with van der Waals surface area (Å²) in [5.41, 5.74) is 3.32. The third-order valence-corrected chi connectivity index (χ3v) is 9.48. The Hall–Kier alpha value is -3.09. The van der Waals surface area contributed by atoms with Crippen molar-refractivity contribution in [2.45, 2.75) is 55.2 Å². The predicted octanol–water partition coefficient (Wildman–Crippen LogP) is 0.257. The average molecular weight is 653 g/mol. The van der Waals surface area contributed by atoms with E-state index in [1.165, 1.54) is 15.6 Å². The zero-order valence-corrected chi connectivity index (χ0v) is 24.6. The minimum Gasteiger partial charge on any atom is -0.393 e. The summed E-state index contributed by atoms with van der Waals surface area (Å²) in [7, 11) is -5.15. The molecule has 19 heteroatoms. The molecule has 17 nitrogen and oxygen atoms in total. The van der Waals surface area contributed by atoms with Crippen LogP contribution in [-0.4, -0.2) is 104 Å². The summed E-state index contributed by atoms with van der Waals surface area (Å²) < 4.78 is 30.6. The normalized spacial score (nSPS) is 24.9. The van der Waals surface area contributed by atoms with E-state index < -0.39 is 57.2 Å². The molecule has 1 saturated heterocycles. The summed E-state index contributed by atoms with van der Waals surface area (Å²) in [5.74, 6) is 0.582. The molecule has 6 rings (SSSR count). The van der Waals surface area contributed by atoms with Crippen LogP contribution in [-0.2, 0) is 31.8 Å². The third kappa shape index (κ3) is 5.83. The monoisotopic (exact) mass is 652 g/mol. The Morgan fingerprint density at radius 2 is 2.02 bits per heavy atom. The van der Waals surface area contributed by atoms with E-state index in [2.05, 4.69) is 48.2 Å². The van der Waals surface area contributed by atoms with Crippen molar-refractivity contribution in [2.24, 2.45) is 0 Å². The number of aliphatic hydroxyl groups excluding tert-OH is 3. The molecule has 2 aliphatic rings. The van der Waals surface area contributed by atoms with Crippen LogP contribution in [0.5, 0.6) is 0 Å². The highest BCUT2D eigenvalue weighted by atomic mass is 35.5. The molecule has 4 heterocycles. The number of ether oxygens (including phenoxy) is 3. The molecule has 0 radical (unpaired) electrons. The van der Waals surface area contributed by atoms with Gasteiger partial charge < -0.3 is 44.6 Å². The van der Waals surface area contributed by atoms with E-state index in [-0.39, 0.29) is 23.8 Å². The summed E-state index contributed by atoms with van der Waals surface area (Å²) in [4.78, 5) is 24.4. The number of hydrogen-bond donors (Lipinski definition) is 7. The Balaban J connectivity index is 1.19. The van der Waals surface area contributed by atoms with Gasteiger partial charge in [0.05, 0.1) is 31.6 Å². The molecule has 1 aliphatic heterocycles. The molecule has 4 aromatic rings. The van der Waals surface area contributed by atoms with Crippen LogP contribution < -0.4 is 5.32 Å². The summed E-state index contributed by atoms with van der Waals surface area (Å²) in [6, 6.07) is 11.5. The first kappa shape index (κ1) is 30.9. The first-order valence-corrected chi connectivity index (χ1v) is 15.6. The lowest BCUT2D eigenvalue weighted by Gasteiger charge is -2.33. The fourth-order valence-corrected chi connectivity index (χ4v) is 6.34. The van der Waals surface area contributed by atoms with Crippen LogP contribution in [0.1, 0.15) is 41.2 Å². The van der Waals surface area contributed by atoms with Gasteiger partial charge in [0.15, 0.2) is 11.6 Å². The standard InChI is InChI=1S/C25H30ClN8O9P/c26-24-28-23(27-15-6-5-13-3-1-2-4-14(13)15)17-8-7-16(34(17)31-24)22-21(37)20(36)18(43-22)9-42-25(11-35,44(38,39)40)12-41-10-19-29-32-33-30-19/h1-4,7-8,15,18,20-22,35-37H,5-6,9-12H2,(H,27,28,31)(H2,38,39,40)(H,29,30,32,33)/t15-,18-,20-,21-,22+,25?/m1/s1. The summed E-state index contributed by atoms with van der Waals surface area (Å²) >= 11 is 6.29. The molecular weight excluding hydrogens is 623 g/mol. The van der Waals surface area contributed by atoms with Crippen molar-refractivity contribution in [3.63, 3.8) is 0 Å². The Kier molecular flexibility index (Phi) is 8.69. The molecule has 7 N–H and O–H groups in total. The van der Waals surface area contributed by atoms with Crippen molar-refractivity contribution in [3.8, 4) is 0 Å². The summed E-state index contributed by atoms with van der Waals surface area (Å²) in [6.45, 7) is -2.77. The van der Waals surface area contributed by atoms with Crippen molar-refractivity contribution in [1.29, 1.82) is 0 Å². The molecule has 0 saturated carbocycles. The van der Waals surface area contributed by atoms with Gasteiger partial charge in [-0.1, -0.05) is 29.5 Å². The van der Waals surface area contributed by atoms with E-state index >= 15 is 0 Å². The largest absolute Gasteiger partial charge is 0.393 e. The van der Waals surface area contributed by atoms with Gasteiger partial charge in [-0.15, -0.1) is 15.3 Å². The summed E-state index contributed by atoms with van der Waals surface area (Å²) in [5, 5.41) is 49.8. The van der Waals surface area contributed by atoms with E-state index in [4.69, 9.17) is 25.8 Å². The number of rotatable bonds is 12. The minimum atomic E-state index is -5.15. The SMILES string of the molecule is O=P(O)(O)C(CO)(COCc1nn[nH]n1)OC[C@H]1O[C@@H](c2ccc3c(N[C@@H]4CCc5ccccc54)nc(Cl)nn23)[C@H](O)[C@@H]1O. The molecule has 3 aromatic heterocycles. The highest BCUT2D eigenvalue weighted by Gasteiger charge is 2.51. The smallest absolute Gasteiger partial charge is 0.361 e. The van der Waals surface area contributed by atoms with Crippen LogP contribution in [0, 0.1) is 0 Å². The van der Waals surface area contributed by atoms with Gasteiger partial charge in [-0.2, -0.15) is 10.2 Å². The number of anilines is 1. The van der Waals surface area contributed by atoms with E-state index in [1.54, 1.807) is 12.1 Å². The zero-order valence-electron chi connectivity index (χ0n) is 23.0. The van der Waals surface area contributed by atoms with E-state index in [0.29, 0.717) is 17.0 Å². The Morgan fingerprint density at radius 1 is 1.20 bits per heavy atom. The Morgan fingerprint density at radius 3 is 2.77 bits per heavy atom. The lowest BCUT2D eigenvalue weighted by molar-refractivity contribution is -0.126. The highest BCUT2D eigenvalue weighted by Crippen LogP contribution is 2.52. The second-order valence-electron chi connectivity index (χ2n) is 10.6. The molecule has 44 heavy (non-hydrogen) atoms. The topological polar surface area (TPSA) is 243 Å². The summed E-state index contributed by atoms with van der Waals surface area (Å²) in [6.07, 6.45) is -3.58. The van der Waals surface area contributed by atoms with Crippen LogP contribution in [0.4, 0.5) is 5.82 Å². The molecule has 1 aliphatic carbocycles. The molecular formula is C25H30ClN8O9P. The van der Waals surface area contributed by atoms with Gasteiger partial charge >= 0.3 is 7.60 Å². The first-order valence-electron chi connectivity index (χ1n) is 13.6. The number of hydrogen-bond acceptors (Lipinski definition) is 13. The number of fused-ring (bicyclic) bond motifs is 2. The average Bonchev–Trinajstić information content (AvgIpc) is 3.79. The maximum Gasteiger partial charge on any atom is 0.361 e. The van der Waals surface area contributed by atoms with Gasteiger partial charge in [-0.05, 0) is 47.7 Å². The van der Waals surface area contributed by atoms with Gasteiger partial charge in [0, 0.05) is 0 Å². The number of benzene rings is 1. The number of tetrazole rings is 1. The number of nitrogens with one attached hydrogen (secondary N) is 2. The van der Waals surface area contributed by atoms with E-state index in [1.807, 2.05) is 12.1 Å². The molecule has 1 unspecified atom stereocenters. The van der Waals surface area contributed by atoms with Crippen molar-refractivity contribution in [1.82, 2.24) is 35.2 Å². The van der Waals surface area contributed by atoms with Gasteiger partial charge in [0.25, 0.3) is 0 Å². The number of halogens is 1. The van der Waals surface area contributed by atoms with Crippen molar-refractivity contribution < 1.29 is 43.9 Å². The Bertz CT molecular complexity index is 1660. The van der Waals surface area contributed by atoms with Gasteiger partial charge in [0.1, 0.15) is 36.5 Å². The minimum absolute atomic E-state index is 0.00740. The zero-order chi connectivity index (χ0) is 31.1. The molecule has 1 aromatic carbocycles. The van der Waals surface area contributed by atoms with E-state index in [0.717, 1.165) is 12.8 Å². The fraction of sp³-hybridized carbons (Fsp3) is 0.480. The first-order chi connectivity index (χ1) is 21.1. The lowest BCUT2D eigenvalue weighted by atomic mass is 10.1. The van der Waals surface area contributed by atoms with Crippen molar-refractivity contribution >= 4 is 30.5 Å². The van der Waals surface area contributed by atoms with Gasteiger partial charge in [-0.3, -0.25) is 4.57 Å². The molecule has 236 valence electrons. The number of aromatic amines is 1. The molecule has 6 atom stereocenters. The van der Waals surface area contributed by atoms with Crippen LogP contribution in [0.3, 0.4) is 0 Å².